The SMILES string of the molecule is COc1cc(Br)cc(/C=N\n2c(SC)nnc(C)c2=O)c1O. The van der Waals surface area contributed by atoms with Crippen LogP contribution in [0.3, 0.4) is 0 Å². The van der Waals surface area contributed by atoms with Crippen molar-refractivity contribution in [3.05, 3.63) is 38.2 Å². The fourth-order valence-corrected chi connectivity index (χ4v) is 2.52. The lowest BCUT2D eigenvalue weighted by Crippen LogP contribution is -2.23. The van der Waals surface area contributed by atoms with E-state index in [4.69, 9.17) is 4.74 Å². The number of nitrogens with zero attached hydrogens (tertiary/aromatic N) is 4. The van der Waals surface area contributed by atoms with Crippen molar-refractivity contribution >= 4 is 33.9 Å². The van der Waals surface area contributed by atoms with E-state index in [0.29, 0.717) is 20.9 Å². The van der Waals surface area contributed by atoms with Gasteiger partial charge in [-0.05, 0) is 25.3 Å². The normalized spacial score (nSPS) is 11.1. The Morgan fingerprint density at radius 1 is 1.45 bits per heavy atom. The molecule has 0 saturated heterocycles. The van der Waals surface area contributed by atoms with Gasteiger partial charge in [-0.25, -0.2) is 0 Å². The largest absolute Gasteiger partial charge is 0.504 e. The number of halogens is 1. The molecule has 2 rings (SSSR count). The van der Waals surface area contributed by atoms with E-state index in [2.05, 4.69) is 31.2 Å². The lowest BCUT2D eigenvalue weighted by atomic mass is 10.2. The average Bonchev–Trinajstić information content (AvgIpc) is 2.51. The number of aromatic hydroxyl groups is 1. The minimum absolute atomic E-state index is 0.0630. The predicted octanol–water partition coefficient (Wildman–Crippen LogP) is 2.03. The molecule has 0 aliphatic rings. The zero-order chi connectivity index (χ0) is 16.3. The Morgan fingerprint density at radius 2 is 2.18 bits per heavy atom. The number of ether oxygens (including phenoxy) is 1. The van der Waals surface area contributed by atoms with Gasteiger partial charge in [-0.15, -0.1) is 10.2 Å². The molecule has 0 spiro atoms. The molecule has 0 fully saturated rings. The summed E-state index contributed by atoms with van der Waals surface area (Å²) in [5, 5.41) is 22.2. The standard InChI is InChI=1S/C13H13BrN4O3S/c1-7-12(20)18(13(22-3)17-16-7)15-6-8-4-9(14)5-10(21-2)11(8)19/h4-6,19H,1-3H3/b15-6-. The van der Waals surface area contributed by atoms with Crippen molar-refractivity contribution in [3.8, 4) is 11.5 Å². The molecule has 1 aromatic heterocycles. The lowest BCUT2D eigenvalue weighted by Gasteiger charge is -2.07. The highest BCUT2D eigenvalue weighted by Gasteiger charge is 2.10. The average molecular weight is 385 g/mol. The monoisotopic (exact) mass is 384 g/mol. The van der Waals surface area contributed by atoms with E-state index in [-0.39, 0.29) is 17.0 Å². The number of rotatable bonds is 4. The summed E-state index contributed by atoms with van der Waals surface area (Å²) in [5.74, 6) is 0.240. The van der Waals surface area contributed by atoms with Gasteiger partial charge in [0.05, 0.1) is 13.3 Å². The maximum Gasteiger partial charge on any atom is 0.296 e. The highest BCUT2D eigenvalue weighted by molar-refractivity contribution is 9.10. The second kappa shape index (κ2) is 6.93. The number of hydrogen-bond acceptors (Lipinski definition) is 7. The highest BCUT2D eigenvalue weighted by Crippen LogP contribution is 2.32. The van der Waals surface area contributed by atoms with Crippen LogP contribution >= 0.6 is 27.7 Å². The Balaban J connectivity index is 2.52. The first kappa shape index (κ1) is 16.5. The molecular weight excluding hydrogens is 372 g/mol. The molecule has 0 amide bonds. The topological polar surface area (TPSA) is 89.6 Å². The Morgan fingerprint density at radius 3 is 2.82 bits per heavy atom. The highest BCUT2D eigenvalue weighted by atomic mass is 79.9. The molecule has 9 heteroatoms. The van der Waals surface area contributed by atoms with Gasteiger partial charge in [0.1, 0.15) is 5.69 Å². The van der Waals surface area contributed by atoms with E-state index in [9.17, 15) is 9.90 Å². The molecule has 0 bridgehead atoms. The Hall–Kier alpha value is -1.87. The molecule has 0 aliphatic carbocycles. The molecule has 1 N–H and O–H groups in total. The minimum Gasteiger partial charge on any atom is -0.504 e. The van der Waals surface area contributed by atoms with E-state index in [1.165, 1.54) is 25.1 Å². The molecule has 7 nitrogen and oxygen atoms in total. The van der Waals surface area contributed by atoms with E-state index >= 15 is 0 Å². The van der Waals surface area contributed by atoms with Gasteiger partial charge < -0.3 is 9.84 Å². The number of benzene rings is 1. The molecular formula is C13H13BrN4O3S. The third-order valence-corrected chi connectivity index (χ3v) is 3.83. The van der Waals surface area contributed by atoms with E-state index < -0.39 is 0 Å². The Labute approximate surface area is 139 Å². The van der Waals surface area contributed by atoms with Crippen LogP contribution in [-0.2, 0) is 0 Å². The van der Waals surface area contributed by atoms with Crippen molar-refractivity contribution in [2.24, 2.45) is 5.10 Å². The summed E-state index contributed by atoms with van der Waals surface area (Å²) < 4.78 is 6.92. The van der Waals surface area contributed by atoms with Crippen LogP contribution in [0.2, 0.25) is 0 Å². The zero-order valence-corrected chi connectivity index (χ0v) is 14.5. The van der Waals surface area contributed by atoms with Gasteiger partial charge in [-0.1, -0.05) is 27.7 Å². The van der Waals surface area contributed by atoms with Crippen LogP contribution in [0, 0.1) is 6.92 Å². The van der Waals surface area contributed by atoms with Crippen molar-refractivity contribution in [2.45, 2.75) is 12.1 Å². The Kier molecular flexibility index (Phi) is 5.19. The van der Waals surface area contributed by atoms with E-state index in [0.717, 1.165) is 4.68 Å². The van der Waals surface area contributed by atoms with Gasteiger partial charge in [0, 0.05) is 10.0 Å². The van der Waals surface area contributed by atoms with Crippen LogP contribution in [0.25, 0.3) is 0 Å². The van der Waals surface area contributed by atoms with E-state index in [1.807, 2.05) is 0 Å². The molecule has 0 saturated carbocycles. The lowest BCUT2D eigenvalue weighted by molar-refractivity contribution is 0.373. The van der Waals surface area contributed by atoms with Crippen LogP contribution in [0.1, 0.15) is 11.3 Å². The van der Waals surface area contributed by atoms with Crippen molar-refractivity contribution in [3.63, 3.8) is 0 Å². The number of phenolic OH excluding ortho intramolecular Hbond substituents is 1. The maximum absolute atomic E-state index is 12.1. The molecule has 0 radical (unpaired) electrons. The summed E-state index contributed by atoms with van der Waals surface area (Å²) in [4.78, 5) is 12.1. The van der Waals surface area contributed by atoms with Crippen LogP contribution in [0.5, 0.6) is 11.5 Å². The number of thioether (sulfide) groups is 1. The molecule has 0 atom stereocenters. The zero-order valence-electron chi connectivity index (χ0n) is 12.1. The first-order valence-corrected chi connectivity index (χ1v) is 8.11. The fraction of sp³-hybridized carbons (Fsp3) is 0.231. The van der Waals surface area contributed by atoms with Gasteiger partial charge in [-0.3, -0.25) is 4.79 Å². The van der Waals surface area contributed by atoms with Crippen LogP contribution in [-0.4, -0.2) is 39.6 Å². The number of aryl methyl sites for hydroxylation is 1. The summed E-state index contributed by atoms with van der Waals surface area (Å²) in [6.07, 6.45) is 3.13. The predicted molar refractivity (Wildman–Crippen MR) is 88.2 cm³/mol. The molecule has 2 aromatic rings. The van der Waals surface area contributed by atoms with Crippen molar-refractivity contribution < 1.29 is 9.84 Å². The fourth-order valence-electron chi connectivity index (χ4n) is 1.64. The maximum atomic E-state index is 12.1. The van der Waals surface area contributed by atoms with Crippen molar-refractivity contribution in [1.82, 2.24) is 14.9 Å². The third kappa shape index (κ3) is 3.30. The molecule has 1 heterocycles. The van der Waals surface area contributed by atoms with Gasteiger partial charge in [0.2, 0.25) is 5.16 Å². The summed E-state index contributed by atoms with van der Waals surface area (Å²) >= 11 is 4.57. The molecule has 116 valence electrons. The summed E-state index contributed by atoms with van der Waals surface area (Å²) in [6.45, 7) is 1.56. The van der Waals surface area contributed by atoms with Gasteiger partial charge in [0.25, 0.3) is 5.56 Å². The second-order valence-electron chi connectivity index (χ2n) is 4.18. The first-order valence-electron chi connectivity index (χ1n) is 6.09. The summed E-state index contributed by atoms with van der Waals surface area (Å²) in [6, 6.07) is 3.29. The molecule has 0 aliphatic heterocycles. The molecule has 0 unspecified atom stereocenters. The number of hydrogen-bond donors (Lipinski definition) is 1. The number of phenols is 1. The van der Waals surface area contributed by atoms with Crippen molar-refractivity contribution in [2.75, 3.05) is 13.4 Å². The van der Waals surface area contributed by atoms with Gasteiger partial charge >= 0.3 is 0 Å². The minimum atomic E-state index is -0.364. The van der Waals surface area contributed by atoms with Crippen LogP contribution < -0.4 is 10.3 Å². The number of aromatic nitrogens is 3. The number of methoxy groups -OCH3 is 1. The van der Waals surface area contributed by atoms with Crippen molar-refractivity contribution in [1.29, 1.82) is 0 Å². The quantitative estimate of drug-likeness (QED) is 0.640. The molecule has 1 aromatic carbocycles. The second-order valence-corrected chi connectivity index (χ2v) is 5.87. The van der Waals surface area contributed by atoms with E-state index in [1.54, 1.807) is 25.3 Å². The molecule has 22 heavy (non-hydrogen) atoms. The summed E-state index contributed by atoms with van der Waals surface area (Å²) in [5.41, 5.74) is 0.280. The van der Waals surface area contributed by atoms with Crippen LogP contribution in [0.15, 0.2) is 31.7 Å². The first-order chi connectivity index (χ1) is 10.5. The van der Waals surface area contributed by atoms with Gasteiger partial charge in [0.15, 0.2) is 11.5 Å². The third-order valence-electron chi connectivity index (χ3n) is 2.75. The smallest absolute Gasteiger partial charge is 0.296 e. The van der Waals surface area contributed by atoms with Crippen LogP contribution in [0.4, 0.5) is 0 Å². The Bertz CT molecular complexity index is 792. The summed E-state index contributed by atoms with van der Waals surface area (Å²) in [7, 11) is 1.45. The van der Waals surface area contributed by atoms with Gasteiger partial charge in [-0.2, -0.15) is 9.78 Å².